The van der Waals surface area contributed by atoms with E-state index in [0.29, 0.717) is 40.3 Å². The van der Waals surface area contributed by atoms with Crippen LogP contribution in [0.25, 0.3) is 17.3 Å². The molecule has 3 heterocycles. The number of rotatable bonds is 9. The molecule has 0 aliphatic carbocycles. The molecule has 2 aliphatic heterocycles. The van der Waals surface area contributed by atoms with Crippen molar-refractivity contribution in [3.05, 3.63) is 167 Å². The molecular formula is C40H32N6O4. The van der Waals surface area contributed by atoms with Gasteiger partial charge in [0.1, 0.15) is 5.70 Å². The molecule has 4 N–H and O–H groups in total. The van der Waals surface area contributed by atoms with E-state index in [1.165, 1.54) is 0 Å². The number of amides is 5. The molecule has 1 aromatic heterocycles. The number of aromatic nitrogens is 1. The number of fused-ring (bicyclic) bond motifs is 1. The Morgan fingerprint density at radius 2 is 1.52 bits per heavy atom. The van der Waals surface area contributed by atoms with E-state index in [9.17, 15) is 19.2 Å². The fraction of sp³-hybridized carbons (Fsp3) is 0.0750. The van der Waals surface area contributed by atoms with Crippen molar-refractivity contribution in [1.29, 1.82) is 0 Å². The number of hydrogen-bond donors (Lipinski definition) is 4. The number of benzene rings is 4. The van der Waals surface area contributed by atoms with Gasteiger partial charge in [-0.15, -0.1) is 0 Å². The summed E-state index contributed by atoms with van der Waals surface area (Å²) in [6.45, 7) is 2.28. The van der Waals surface area contributed by atoms with Crippen LogP contribution in [0.4, 0.5) is 16.2 Å². The van der Waals surface area contributed by atoms with Gasteiger partial charge >= 0.3 is 6.03 Å². The van der Waals surface area contributed by atoms with Gasteiger partial charge in [0.2, 0.25) is 0 Å². The molecule has 5 aromatic rings. The molecule has 1 fully saturated rings. The molecule has 4 aromatic carbocycles. The maximum atomic E-state index is 13.5. The average Bonchev–Trinajstić information content (AvgIpc) is 3.62. The summed E-state index contributed by atoms with van der Waals surface area (Å²) >= 11 is 0. The third-order valence-corrected chi connectivity index (χ3v) is 8.55. The molecular weight excluding hydrogens is 628 g/mol. The Balaban J connectivity index is 1.11. The molecule has 0 bridgehead atoms. The lowest BCUT2D eigenvalue weighted by molar-refractivity contribution is -0.114. The van der Waals surface area contributed by atoms with Crippen molar-refractivity contribution in [2.75, 3.05) is 10.2 Å². The topological polar surface area (TPSA) is 133 Å². The fourth-order valence-corrected chi connectivity index (χ4v) is 5.96. The average molecular weight is 661 g/mol. The summed E-state index contributed by atoms with van der Waals surface area (Å²) in [5.74, 6) is -0.980. The summed E-state index contributed by atoms with van der Waals surface area (Å²) in [5.41, 5.74) is 6.77. The maximum absolute atomic E-state index is 13.5. The van der Waals surface area contributed by atoms with Gasteiger partial charge in [-0.2, -0.15) is 0 Å². The first-order valence-corrected chi connectivity index (χ1v) is 16.1. The van der Waals surface area contributed by atoms with Crippen molar-refractivity contribution in [1.82, 2.24) is 20.9 Å². The zero-order valence-electron chi connectivity index (χ0n) is 27.0. The predicted molar refractivity (Wildman–Crippen MR) is 192 cm³/mol. The Kier molecular flexibility index (Phi) is 8.73. The van der Waals surface area contributed by atoms with Gasteiger partial charge in [-0.3, -0.25) is 19.4 Å². The van der Waals surface area contributed by atoms with Crippen molar-refractivity contribution >= 4 is 52.5 Å². The van der Waals surface area contributed by atoms with Crippen molar-refractivity contribution in [3.63, 3.8) is 0 Å². The van der Waals surface area contributed by atoms with Crippen LogP contribution in [0.3, 0.4) is 0 Å². The van der Waals surface area contributed by atoms with Crippen molar-refractivity contribution in [2.45, 2.75) is 19.5 Å². The number of urea groups is 1. The highest BCUT2D eigenvalue weighted by Gasteiger charge is 2.35. The van der Waals surface area contributed by atoms with Crippen LogP contribution >= 0.6 is 0 Å². The molecule has 10 nitrogen and oxygen atoms in total. The van der Waals surface area contributed by atoms with Gasteiger partial charge in [0.05, 0.1) is 23.0 Å². The normalized spacial score (nSPS) is 16.1. The number of anilines is 2. The van der Waals surface area contributed by atoms with Crippen LogP contribution in [0, 0.1) is 0 Å². The maximum Gasteiger partial charge on any atom is 0.333 e. The molecule has 2 aliphatic rings. The van der Waals surface area contributed by atoms with E-state index in [4.69, 9.17) is 0 Å². The second kappa shape index (κ2) is 13.7. The lowest BCUT2D eigenvalue weighted by Gasteiger charge is -2.16. The number of nitrogens with zero attached hydrogens (tertiary/aromatic N) is 2. The van der Waals surface area contributed by atoms with Gasteiger partial charge in [-0.25, -0.2) is 9.69 Å². The highest BCUT2D eigenvalue weighted by molar-refractivity contribution is 6.36. The molecule has 5 amide bonds. The van der Waals surface area contributed by atoms with Crippen LogP contribution in [0.1, 0.15) is 51.1 Å². The van der Waals surface area contributed by atoms with Crippen LogP contribution in [0.5, 0.6) is 0 Å². The zero-order chi connectivity index (χ0) is 34.6. The first kappa shape index (κ1) is 31.8. The summed E-state index contributed by atoms with van der Waals surface area (Å²) in [4.78, 5) is 57.6. The molecule has 246 valence electrons. The first-order valence-electron chi connectivity index (χ1n) is 16.1. The summed E-state index contributed by atoms with van der Waals surface area (Å²) < 4.78 is 0. The van der Waals surface area contributed by atoms with E-state index in [-0.39, 0.29) is 23.6 Å². The van der Waals surface area contributed by atoms with Gasteiger partial charge in [-0.05, 0) is 71.7 Å². The second-order valence-electron chi connectivity index (χ2n) is 11.9. The number of hydrogen-bond acceptors (Lipinski definition) is 6. The quantitative estimate of drug-likeness (QED) is 0.109. The molecule has 1 atom stereocenters. The Morgan fingerprint density at radius 3 is 2.24 bits per heavy atom. The van der Waals surface area contributed by atoms with Crippen molar-refractivity contribution in [2.24, 2.45) is 0 Å². The van der Waals surface area contributed by atoms with Gasteiger partial charge in [-0.1, -0.05) is 78.9 Å². The zero-order valence-corrected chi connectivity index (χ0v) is 27.0. The third kappa shape index (κ3) is 6.50. The van der Waals surface area contributed by atoms with Crippen LogP contribution in [0.15, 0.2) is 133 Å². The lowest BCUT2D eigenvalue weighted by Crippen LogP contribution is -2.30. The van der Waals surface area contributed by atoms with Gasteiger partial charge in [0.25, 0.3) is 17.7 Å². The van der Waals surface area contributed by atoms with Crippen molar-refractivity contribution < 1.29 is 19.2 Å². The summed E-state index contributed by atoms with van der Waals surface area (Å²) in [5, 5.41) is 12.1. The van der Waals surface area contributed by atoms with Gasteiger partial charge in [0, 0.05) is 35.8 Å². The van der Waals surface area contributed by atoms with E-state index in [2.05, 4.69) is 26.3 Å². The first-order chi connectivity index (χ1) is 24.4. The summed E-state index contributed by atoms with van der Waals surface area (Å²) in [7, 11) is 0. The minimum absolute atomic E-state index is 0.177. The number of pyridine rings is 1. The largest absolute Gasteiger partial charge is 0.380 e. The van der Waals surface area contributed by atoms with E-state index in [1.807, 2.05) is 79.7 Å². The van der Waals surface area contributed by atoms with Gasteiger partial charge < -0.3 is 21.3 Å². The molecule has 7 rings (SSSR count). The van der Waals surface area contributed by atoms with Crippen LogP contribution in [0.2, 0.25) is 0 Å². The number of imide groups is 1. The fourth-order valence-electron chi connectivity index (χ4n) is 5.96. The van der Waals surface area contributed by atoms with Crippen LogP contribution in [-0.2, 0) is 16.1 Å². The van der Waals surface area contributed by atoms with Crippen LogP contribution in [-0.4, -0.2) is 28.7 Å². The Morgan fingerprint density at radius 1 is 0.820 bits per heavy atom. The van der Waals surface area contributed by atoms with E-state index < -0.39 is 11.9 Å². The molecule has 10 heteroatoms. The number of nitrogens with one attached hydrogen (secondary N) is 4. The number of carbonyl (C=O) groups is 4. The molecule has 0 spiro atoms. The van der Waals surface area contributed by atoms with Crippen molar-refractivity contribution in [3.8, 4) is 0 Å². The van der Waals surface area contributed by atoms with E-state index in [1.54, 1.807) is 60.9 Å². The Hall–Kier alpha value is -6.81. The monoisotopic (exact) mass is 660 g/mol. The SMILES string of the molecule is C[C@@H](NC(=O)c1ccc2c(c1)NC(=O)C2=C(NCc1ccc(N2C(=O)NC(=Cc3ccncc3)C2=O)cc1)c1ccccc1)c1ccccc1. The third-order valence-electron chi connectivity index (χ3n) is 8.55. The van der Waals surface area contributed by atoms with Crippen LogP contribution < -0.4 is 26.2 Å². The highest BCUT2D eigenvalue weighted by atomic mass is 16.2. The molecule has 0 radical (unpaired) electrons. The summed E-state index contributed by atoms with van der Waals surface area (Å²) in [6, 6.07) is 34.3. The molecule has 50 heavy (non-hydrogen) atoms. The smallest absolute Gasteiger partial charge is 0.333 e. The Bertz CT molecular complexity index is 2160. The standard InChI is InChI=1S/C40H32N6O4/c1-25(28-8-4-2-5-9-28)43-37(47)30-14-17-32-33(23-30)44-38(48)35(32)36(29-10-6-3-7-11-29)42-24-27-12-15-31(16-13-27)46-39(49)34(45-40(46)50)22-26-18-20-41-21-19-26/h2-23,25,42H,24H2,1H3,(H,43,47)(H,44,48)(H,45,50)/t25-/m1/s1. The Labute approximate surface area is 288 Å². The molecule has 0 saturated carbocycles. The predicted octanol–water partition coefficient (Wildman–Crippen LogP) is 6.28. The minimum atomic E-state index is -0.533. The molecule has 1 saturated heterocycles. The van der Waals surface area contributed by atoms with Gasteiger partial charge in [0.15, 0.2) is 0 Å². The minimum Gasteiger partial charge on any atom is -0.380 e. The molecule has 0 unspecified atom stereocenters. The van der Waals surface area contributed by atoms with E-state index in [0.717, 1.165) is 27.2 Å². The lowest BCUT2D eigenvalue weighted by atomic mass is 9.98. The number of carbonyl (C=O) groups excluding carboxylic acids is 4. The summed E-state index contributed by atoms with van der Waals surface area (Å²) in [6.07, 6.45) is 4.83. The second-order valence-corrected chi connectivity index (χ2v) is 11.9. The van der Waals surface area contributed by atoms with E-state index >= 15 is 0 Å². The highest BCUT2D eigenvalue weighted by Crippen LogP contribution is 2.37.